The fourth-order valence-electron chi connectivity index (χ4n) is 4.27. The van der Waals surface area contributed by atoms with Gasteiger partial charge < -0.3 is 9.26 Å². The van der Waals surface area contributed by atoms with Crippen LogP contribution >= 0.6 is 0 Å². The molecule has 39 heavy (non-hydrogen) atoms. The van der Waals surface area contributed by atoms with Crippen molar-refractivity contribution >= 4 is 16.9 Å². The molecular weight excluding hydrogens is 506 g/mol. The largest absolute Gasteiger partial charge is 0.469 e. The molecule has 0 bridgehead atoms. The van der Waals surface area contributed by atoms with E-state index in [1.165, 1.54) is 48.1 Å². The van der Waals surface area contributed by atoms with Crippen molar-refractivity contribution in [3.05, 3.63) is 106 Å². The Labute approximate surface area is 221 Å². The van der Waals surface area contributed by atoms with Crippen LogP contribution in [-0.4, -0.2) is 32.8 Å². The summed E-state index contributed by atoms with van der Waals surface area (Å²) in [6.45, 7) is 0. The first-order valence-corrected chi connectivity index (χ1v) is 12.4. The van der Waals surface area contributed by atoms with E-state index < -0.39 is 5.82 Å². The fourth-order valence-corrected chi connectivity index (χ4v) is 4.27. The molecule has 0 unspecified atom stereocenters. The molecule has 0 atom stereocenters. The molecule has 198 valence electrons. The Morgan fingerprint density at radius 3 is 2.38 bits per heavy atom. The van der Waals surface area contributed by atoms with Crippen LogP contribution < -0.4 is 5.56 Å². The van der Waals surface area contributed by atoms with Gasteiger partial charge in [0.1, 0.15) is 17.5 Å². The van der Waals surface area contributed by atoms with E-state index in [0.29, 0.717) is 65.4 Å². The van der Waals surface area contributed by atoms with Crippen LogP contribution in [0.2, 0.25) is 0 Å². The number of benzene rings is 3. The zero-order valence-electron chi connectivity index (χ0n) is 21.1. The average molecular weight is 531 g/mol. The Morgan fingerprint density at radius 2 is 1.67 bits per heavy atom. The average Bonchev–Trinajstić information content (AvgIpc) is 3.41. The number of esters is 1. The minimum absolute atomic E-state index is 0.257. The maximum absolute atomic E-state index is 13.6. The summed E-state index contributed by atoms with van der Waals surface area (Å²) >= 11 is 0. The van der Waals surface area contributed by atoms with Crippen LogP contribution in [0.4, 0.5) is 8.78 Å². The SMILES string of the molecule is COC(=O)CCCCc1nc2cc(-c3noc(Cc4ccc(F)cc4)n3)ccc2c(=O)n1-c1ccc(F)cc1. The second kappa shape index (κ2) is 11.3. The van der Waals surface area contributed by atoms with Crippen molar-refractivity contribution in [2.45, 2.75) is 32.1 Å². The molecular formula is C29H24F2N4O4. The number of nitrogens with zero attached hydrogens (tertiary/aromatic N) is 4. The van der Waals surface area contributed by atoms with Crippen molar-refractivity contribution in [1.29, 1.82) is 0 Å². The molecule has 3 aromatic carbocycles. The van der Waals surface area contributed by atoms with Crippen molar-refractivity contribution in [2.24, 2.45) is 0 Å². The van der Waals surface area contributed by atoms with Gasteiger partial charge in [0.25, 0.3) is 5.56 Å². The number of halogens is 2. The smallest absolute Gasteiger partial charge is 0.305 e. The molecule has 10 heteroatoms. The lowest BCUT2D eigenvalue weighted by atomic mass is 10.1. The fraction of sp³-hybridized carbons (Fsp3) is 0.207. The number of unbranched alkanes of at least 4 members (excludes halogenated alkanes) is 1. The molecule has 2 heterocycles. The zero-order valence-corrected chi connectivity index (χ0v) is 21.1. The van der Waals surface area contributed by atoms with Gasteiger partial charge in [0.15, 0.2) is 0 Å². The maximum atomic E-state index is 13.6. The van der Waals surface area contributed by atoms with E-state index in [1.807, 2.05) is 0 Å². The molecule has 0 aliphatic rings. The van der Waals surface area contributed by atoms with Gasteiger partial charge in [-0.15, -0.1) is 0 Å². The molecule has 2 aromatic heterocycles. The van der Waals surface area contributed by atoms with Gasteiger partial charge >= 0.3 is 5.97 Å². The highest BCUT2D eigenvalue weighted by Crippen LogP contribution is 2.23. The van der Waals surface area contributed by atoms with Gasteiger partial charge in [-0.25, -0.2) is 13.8 Å². The number of aryl methyl sites for hydroxylation is 1. The summed E-state index contributed by atoms with van der Waals surface area (Å²) in [6.07, 6.45) is 2.16. The van der Waals surface area contributed by atoms with E-state index in [-0.39, 0.29) is 23.8 Å². The number of carbonyl (C=O) groups excluding carboxylic acids is 1. The van der Waals surface area contributed by atoms with E-state index in [4.69, 9.17) is 14.2 Å². The lowest BCUT2D eigenvalue weighted by Crippen LogP contribution is -2.24. The molecule has 0 N–H and O–H groups in total. The number of ether oxygens (including phenoxy) is 1. The number of carbonyl (C=O) groups is 1. The van der Waals surface area contributed by atoms with E-state index in [1.54, 1.807) is 30.3 Å². The molecule has 0 spiro atoms. The van der Waals surface area contributed by atoms with Gasteiger partial charge in [-0.2, -0.15) is 4.98 Å². The molecule has 0 aliphatic carbocycles. The van der Waals surface area contributed by atoms with Gasteiger partial charge in [-0.05, 0) is 66.9 Å². The number of aromatic nitrogens is 4. The van der Waals surface area contributed by atoms with Gasteiger partial charge in [-0.3, -0.25) is 14.2 Å². The monoisotopic (exact) mass is 530 g/mol. The van der Waals surface area contributed by atoms with Crippen LogP contribution in [0.3, 0.4) is 0 Å². The van der Waals surface area contributed by atoms with Gasteiger partial charge in [0.05, 0.1) is 30.1 Å². The second-order valence-electron chi connectivity index (χ2n) is 8.98. The third-order valence-corrected chi connectivity index (χ3v) is 6.28. The molecule has 0 aliphatic heterocycles. The third kappa shape index (κ3) is 5.90. The maximum Gasteiger partial charge on any atom is 0.305 e. The predicted molar refractivity (Wildman–Crippen MR) is 139 cm³/mol. The standard InChI is InChI=1S/C29H24F2N4O4/c1-38-27(36)5-3-2-4-25-32-24-17-19(28-33-26(39-34-28)16-18-6-9-20(30)10-7-18)8-15-23(24)29(37)35(25)22-13-11-21(31)12-14-22/h6-15,17H,2-5,16H2,1H3. The molecule has 0 radical (unpaired) electrons. The molecule has 0 fully saturated rings. The summed E-state index contributed by atoms with van der Waals surface area (Å²) in [6, 6.07) is 16.7. The first-order valence-electron chi connectivity index (χ1n) is 12.4. The van der Waals surface area contributed by atoms with E-state index in [9.17, 15) is 18.4 Å². The van der Waals surface area contributed by atoms with Crippen LogP contribution in [-0.2, 0) is 22.4 Å². The van der Waals surface area contributed by atoms with Gasteiger partial charge in [-0.1, -0.05) is 23.4 Å². The number of fused-ring (bicyclic) bond motifs is 1. The van der Waals surface area contributed by atoms with Crippen molar-refractivity contribution in [2.75, 3.05) is 7.11 Å². The summed E-state index contributed by atoms with van der Waals surface area (Å²) in [4.78, 5) is 34.3. The van der Waals surface area contributed by atoms with Crippen LogP contribution in [0.1, 0.15) is 36.5 Å². The molecule has 0 amide bonds. The number of hydrogen-bond donors (Lipinski definition) is 0. The van der Waals surface area contributed by atoms with Crippen LogP contribution in [0.25, 0.3) is 28.0 Å². The van der Waals surface area contributed by atoms with Crippen LogP contribution in [0.5, 0.6) is 0 Å². The van der Waals surface area contributed by atoms with E-state index in [2.05, 4.69) is 10.1 Å². The topological polar surface area (TPSA) is 100 Å². The number of rotatable bonds is 9. The second-order valence-corrected chi connectivity index (χ2v) is 8.98. The molecule has 5 aromatic rings. The highest BCUT2D eigenvalue weighted by molar-refractivity contribution is 5.82. The van der Waals surface area contributed by atoms with E-state index >= 15 is 0 Å². The summed E-state index contributed by atoms with van der Waals surface area (Å²) in [5.74, 6) is 0.131. The Bertz CT molecular complexity index is 1680. The quantitative estimate of drug-likeness (QED) is 0.191. The lowest BCUT2D eigenvalue weighted by Gasteiger charge is -2.14. The van der Waals surface area contributed by atoms with Crippen molar-refractivity contribution in [3.63, 3.8) is 0 Å². The number of methoxy groups -OCH3 is 1. The van der Waals surface area contributed by atoms with Crippen molar-refractivity contribution < 1.29 is 22.8 Å². The highest BCUT2D eigenvalue weighted by atomic mass is 19.1. The minimum atomic E-state index is -0.413. The summed E-state index contributed by atoms with van der Waals surface area (Å²) in [5, 5.41) is 4.43. The normalized spacial score (nSPS) is 11.2. The molecule has 0 saturated heterocycles. The predicted octanol–water partition coefficient (Wildman–Crippen LogP) is 5.19. The third-order valence-electron chi connectivity index (χ3n) is 6.28. The van der Waals surface area contributed by atoms with E-state index in [0.717, 1.165) is 5.56 Å². The molecule has 8 nitrogen and oxygen atoms in total. The first-order chi connectivity index (χ1) is 18.9. The lowest BCUT2D eigenvalue weighted by molar-refractivity contribution is -0.140. The highest BCUT2D eigenvalue weighted by Gasteiger charge is 2.16. The van der Waals surface area contributed by atoms with Crippen molar-refractivity contribution in [1.82, 2.24) is 19.7 Å². The zero-order chi connectivity index (χ0) is 27.4. The number of hydrogen-bond acceptors (Lipinski definition) is 7. The van der Waals surface area contributed by atoms with Crippen LogP contribution in [0, 0.1) is 11.6 Å². The first kappa shape index (κ1) is 25.9. The Hall–Kier alpha value is -4.73. The Balaban J connectivity index is 1.48. The van der Waals surface area contributed by atoms with Crippen molar-refractivity contribution in [3.8, 4) is 17.1 Å². The van der Waals surface area contributed by atoms with Gasteiger partial charge in [0, 0.05) is 18.4 Å². The summed E-state index contributed by atoms with van der Waals surface area (Å²) in [7, 11) is 1.34. The Morgan fingerprint density at radius 1 is 0.949 bits per heavy atom. The van der Waals surface area contributed by atoms with Gasteiger partial charge in [0.2, 0.25) is 11.7 Å². The summed E-state index contributed by atoms with van der Waals surface area (Å²) in [5.41, 5.74) is 2.08. The molecule has 0 saturated carbocycles. The molecule has 5 rings (SSSR count). The summed E-state index contributed by atoms with van der Waals surface area (Å²) < 4.78 is 38.3. The van der Waals surface area contributed by atoms with Crippen LogP contribution in [0.15, 0.2) is 76.0 Å². The minimum Gasteiger partial charge on any atom is -0.469 e. The Kier molecular flexibility index (Phi) is 7.53.